The molecule has 2 aromatic carbocycles. The van der Waals surface area contributed by atoms with E-state index in [1.54, 1.807) is 29.7 Å². The predicted molar refractivity (Wildman–Crippen MR) is 127 cm³/mol. The van der Waals surface area contributed by atoms with Gasteiger partial charge in [-0.2, -0.15) is 0 Å². The van der Waals surface area contributed by atoms with E-state index in [2.05, 4.69) is 15.5 Å². The van der Waals surface area contributed by atoms with Crippen LogP contribution in [0.2, 0.25) is 0 Å². The molecule has 5 rings (SSSR count). The van der Waals surface area contributed by atoms with E-state index in [-0.39, 0.29) is 28.4 Å². The van der Waals surface area contributed by atoms with Crippen LogP contribution in [0.3, 0.4) is 0 Å². The largest absolute Gasteiger partial charge is 0.411 e. The number of aromatic nitrogens is 4. The van der Waals surface area contributed by atoms with Crippen molar-refractivity contribution < 1.29 is 13.6 Å². The van der Waals surface area contributed by atoms with E-state index in [9.17, 15) is 14.0 Å². The zero-order valence-electron chi connectivity index (χ0n) is 18.5. The second-order valence-electron chi connectivity index (χ2n) is 8.16. The van der Waals surface area contributed by atoms with Crippen molar-refractivity contribution in [1.82, 2.24) is 19.7 Å². The van der Waals surface area contributed by atoms with Gasteiger partial charge >= 0.3 is 0 Å². The number of aryl methyl sites for hydroxylation is 1. The topological polar surface area (TPSA) is 103 Å². The molecule has 1 amide bonds. The summed E-state index contributed by atoms with van der Waals surface area (Å²) in [5.74, 6) is 0.457. The Morgan fingerprint density at radius 3 is 2.79 bits per heavy atom. The number of thioether (sulfide) groups is 1. The highest BCUT2D eigenvalue weighted by Crippen LogP contribution is 2.28. The van der Waals surface area contributed by atoms with Crippen LogP contribution in [-0.4, -0.2) is 30.9 Å². The molecule has 10 heteroatoms. The summed E-state index contributed by atoms with van der Waals surface area (Å²) in [5.41, 5.74) is 1.74. The zero-order chi connectivity index (χ0) is 23.7. The highest BCUT2D eigenvalue weighted by molar-refractivity contribution is 8.00. The quantitative estimate of drug-likeness (QED) is 0.422. The summed E-state index contributed by atoms with van der Waals surface area (Å²) in [4.78, 5) is 30.1. The van der Waals surface area contributed by atoms with Crippen molar-refractivity contribution in [2.75, 3.05) is 5.32 Å². The Bertz CT molecular complexity index is 1420. The van der Waals surface area contributed by atoms with Crippen molar-refractivity contribution in [3.05, 3.63) is 64.5 Å². The van der Waals surface area contributed by atoms with E-state index in [0.717, 1.165) is 43.3 Å². The average Bonchev–Trinajstić information content (AvgIpc) is 3.17. The van der Waals surface area contributed by atoms with E-state index in [1.807, 2.05) is 0 Å². The third-order valence-corrected chi connectivity index (χ3v) is 6.66. The van der Waals surface area contributed by atoms with Crippen LogP contribution >= 0.6 is 11.8 Å². The van der Waals surface area contributed by atoms with Crippen LogP contribution in [-0.2, 0) is 17.8 Å². The molecule has 1 atom stereocenters. The first-order chi connectivity index (χ1) is 16.5. The van der Waals surface area contributed by atoms with E-state index in [0.29, 0.717) is 28.7 Å². The fourth-order valence-corrected chi connectivity index (χ4v) is 4.59. The van der Waals surface area contributed by atoms with Crippen LogP contribution < -0.4 is 10.9 Å². The Morgan fingerprint density at radius 1 is 1.15 bits per heavy atom. The van der Waals surface area contributed by atoms with Crippen LogP contribution in [0.4, 0.5) is 10.1 Å². The lowest BCUT2D eigenvalue weighted by Crippen LogP contribution is -2.24. The van der Waals surface area contributed by atoms with Gasteiger partial charge < -0.3 is 9.73 Å². The zero-order valence-corrected chi connectivity index (χ0v) is 19.3. The van der Waals surface area contributed by atoms with Gasteiger partial charge in [0.25, 0.3) is 10.8 Å². The molecule has 8 nitrogen and oxygen atoms in total. The lowest BCUT2D eigenvalue weighted by atomic mass is 10.1. The van der Waals surface area contributed by atoms with Gasteiger partial charge in [-0.1, -0.05) is 18.2 Å². The van der Waals surface area contributed by atoms with Crippen molar-refractivity contribution in [1.29, 1.82) is 0 Å². The smallest absolute Gasteiger partial charge is 0.277 e. The minimum Gasteiger partial charge on any atom is -0.411 e. The van der Waals surface area contributed by atoms with Crippen LogP contribution in [0.5, 0.6) is 0 Å². The molecule has 0 fully saturated rings. The number of hydrogen-bond acceptors (Lipinski definition) is 7. The predicted octanol–water partition coefficient (Wildman–Crippen LogP) is 4.43. The van der Waals surface area contributed by atoms with Crippen molar-refractivity contribution in [2.24, 2.45) is 0 Å². The van der Waals surface area contributed by atoms with Gasteiger partial charge in [-0.3, -0.25) is 14.2 Å². The van der Waals surface area contributed by atoms with Gasteiger partial charge in [0.2, 0.25) is 11.8 Å². The first-order valence-corrected chi connectivity index (χ1v) is 12.0. The normalized spacial score (nSPS) is 14.4. The number of benzene rings is 2. The van der Waals surface area contributed by atoms with Gasteiger partial charge in [-0.05, 0) is 62.2 Å². The minimum absolute atomic E-state index is 0.0174. The summed E-state index contributed by atoms with van der Waals surface area (Å²) >= 11 is 1.12. The van der Waals surface area contributed by atoms with Crippen LogP contribution in [0.15, 0.2) is 56.9 Å². The standard InChI is InChI=1S/C24H22FN5O3S/c1-14(21(31)26-17-9-7-16(25)8-10-17)34-24-29-28-22(33-24)15-6-11-18-19(13-15)27-20-5-3-2-4-12-30(20)23(18)32/h6-11,13-14H,2-5,12H2,1H3,(H,26,31)/t14-/m1/s1. The van der Waals surface area contributed by atoms with Crippen LogP contribution in [0.25, 0.3) is 22.4 Å². The minimum atomic E-state index is -0.521. The monoisotopic (exact) mass is 479 g/mol. The van der Waals surface area contributed by atoms with Gasteiger partial charge in [-0.25, -0.2) is 9.37 Å². The number of hydrogen-bond donors (Lipinski definition) is 1. The van der Waals surface area contributed by atoms with E-state index in [1.165, 1.54) is 24.3 Å². The number of nitrogens with zero attached hydrogens (tertiary/aromatic N) is 4. The van der Waals surface area contributed by atoms with E-state index >= 15 is 0 Å². The SMILES string of the molecule is C[C@@H](Sc1nnc(-c2ccc3c(=O)n4c(nc3c2)CCCCC4)o1)C(=O)Nc1ccc(F)cc1. The lowest BCUT2D eigenvalue weighted by molar-refractivity contribution is -0.115. The maximum atomic E-state index is 13.0. The number of carbonyl (C=O) groups is 1. The number of amides is 1. The first kappa shape index (κ1) is 22.3. The average molecular weight is 480 g/mol. The molecular weight excluding hydrogens is 457 g/mol. The van der Waals surface area contributed by atoms with Crippen LogP contribution in [0, 0.1) is 5.82 Å². The number of rotatable bonds is 5. The number of carbonyl (C=O) groups excluding carboxylic acids is 1. The molecule has 174 valence electrons. The summed E-state index contributed by atoms with van der Waals surface area (Å²) in [7, 11) is 0. The molecule has 0 saturated carbocycles. The second kappa shape index (κ2) is 9.38. The molecule has 2 aromatic heterocycles. The molecule has 1 aliphatic heterocycles. The third-order valence-electron chi connectivity index (χ3n) is 5.73. The number of anilines is 1. The molecule has 3 heterocycles. The molecule has 4 aromatic rings. The summed E-state index contributed by atoms with van der Waals surface area (Å²) < 4.78 is 20.6. The van der Waals surface area contributed by atoms with Gasteiger partial charge in [0.05, 0.1) is 16.2 Å². The maximum absolute atomic E-state index is 13.0. The van der Waals surface area contributed by atoms with Gasteiger partial charge in [0.15, 0.2) is 0 Å². The van der Waals surface area contributed by atoms with E-state index < -0.39 is 5.25 Å². The molecule has 0 saturated heterocycles. The van der Waals surface area contributed by atoms with Crippen molar-refractivity contribution in [3.63, 3.8) is 0 Å². The molecular formula is C24H22FN5O3S. The Balaban J connectivity index is 1.33. The maximum Gasteiger partial charge on any atom is 0.277 e. The Hall–Kier alpha value is -3.53. The Morgan fingerprint density at radius 2 is 1.97 bits per heavy atom. The molecule has 1 N–H and O–H groups in total. The summed E-state index contributed by atoms with van der Waals surface area (Å²) in [6.07, 6.45) is 3.89. The highest BCUT2D eigenvalue weighted by Gasteiger charge is 2.20. The van der Waals surface area contributed by atoms with Crippen LogP contribution in [0.1, 0.15) is 32.0 Å². The number of halogens is 1. The van der Waals surface area contributed by atoms with E-state index in [4.69, 9.17) is 9.40 Å². The van der Waals surface area contributed by atoms with Crippen molar-refractivity contribution in [3.8, 4) is 11.5 Å². The number of fused-ring (bicyclic) bond motifs is 2. The van der Waals surface area contributed by atoms with Gasteiger partial charge in [0, 0.05) is 24.2 Å². The third kappa shape index (κ3) is 4.58. The Kier molecular flexibility index (Phi) is 6.14. The van der Waals surface area contributed by atoms with Crippen molar-refractivity contribution in [2.45, 2.75) is 49.6 Å². The summed E-state index contributed by atoms with van der Waals surface area (Å²) in [5, 5.41) is 11.2. The molecule has 0 unspecified atom stereocenters. The fraction of sp³-hybridized carbons (Fsp3) is 0.292. The summed E-state index contributed by atoms with van der Waals surface area (Å²) in [6.45, 7) is 2.42. The molecule has 0 aliphatic carbocycles. The molecule has 0 bridgehead atoms. The van der Waals surface area contributed by atoms with Gasteiger partial charge in [-0.15, -0.1) is 10.2 Å². The first-order valence-electron chi connectivity index (χ1n) is 11.1. The molecule has 0 spiro atoms. The summed E-state index contributed by atoms with van der Waals surface area (Å²) in [6, 6.07) is 10.8. The van der Waals surface area contributed by atoms with Gasteiger partial charge in [0.1, 0.15) is 11.6 Å². The second-order valence-corrected chi connectivity index (χ2v) is 9.45. The number of nitrogens with one attached hydrogen (secondary N) is 1. The van der Waals surface area contributed by atoms with Crippen molar-refractivity contribution >= 4 is 34.3 Å². The highest BCUT2D eigenvalue weighted by atomic mass is 32.2. The molecule has 34 heavy (non-hydrogen) atoms. The molecule has 1 aliphatic rings. The molecule has 0 radical (unpaired) electrons. The fourth-order valence-electron chi connectivity index (χ4n) is 3.91. The lowest BCUT2D eigenvalue weighted by Gasteiger charge is -2.10. The Labute approximate surface area is 198 Å².